The number of aromatic nitrogens is 6. The van der Waals surface area contributed by atoms with E-state index >= 15 is 0 Å². The minimum Gasteiger partial charge on any atom is -0.399 e. The number of fused-ring (bicyclic) bond motifs is 1. The molecular weight excluding hydrogens is 382 g/mol. The third-order valence-electron chi connectivity index (χ3n) is 5.18. The molecule has 0 bridgehead atoms. The maximum atomic E-state index is 6.32. The van der Waals surface area contributed by atoms with E-state index < -0.39 is 0 Å². The van der Waals surface area contributed by atoms with Crippen molar-refractivity contribution in [3.05, 3.63) is 48.0 Å². The summed E-state index contributed by atoms with van der Waals surface area (Å²) in [4.78, 5) is 16.3. The first-order valence-electron chi connectivity index (χ1n) is 9.79. The van der Waals surface area contributed by atoms with Crippen molar-refractivity contribution in [1.29, 1.82) is 0 Å². The molecule has 154 valence electrons. The topological polar surface area (TPSA) is 126 Å². The number of nitrogens with zero attached hydrogens (tertiary/aromatic N) is 7. The molecule has 4 heterocycles. The highest BCUT2D eigenvalue weighted by Crippen LogP contribution is 2.27. The minimum absolute atomic E-state index is 0.364. The molecule has 0 amide bonds. The lowest BCUT2D eigenvalue weighted by Gasteiger charge is -2.26. The Morgan fingerprint density at radius 3 is 2.50 bits per heavy atom. The van der Waals surface area contributed by atoms with Gasteiger partial charge in [0.15, 0.2) is 17.0 Å². The van der Waals surface area contributed by atoms with Crippen LogP contribution in [0.25, 0.3) is 16.9 Å². The van der Waals surface area contributed by atoms with Crippen molar-refractivity contribution in [2.75, 3.05) is 42.7 Å². The maximum Gasteiger partial charge on any atom is 0.229 e. The number of hydrogen-bond acceptors (Lipinski definition) is 8. The number of ether oxygens (including phenoxy) is 1. The van der Waals surface area contributed by atoms with Crippen LogP contribution in [0, 0.1) is 0 Å². The number of imidazole rings is 1. The van der Waals surface area contributed by atoms with Crippen molar-refractivity contribution in [2.24, 2.45) is 7.05 Å². The van der Waals surface area contributed by atoms with Crippen LogP contribution >= 0.6 is 0 Å². The highest BCUT2D eigenvalue weighted by atomic mass is 16.5. The molecule has 1 saturated heterocycles. The van der Waals surface area contributed by atoms with E-state index in [-0.39, 0.29) is 0 Å². The van der Waals surface area contributed by atoms with Crippen LogP contribution in [0.5, 0.6) is 0 Å². The summed E-state index contributed by atoms with van der Waals surface area (Å²) in [5.41, 5.74) is 16.1. The van der Waals surface area contributed by atoms with Gasteiger partial charge in [-0.15, -0.1) is 0 Å². The van der Waals surface area contributed by atoms with Gasteiger partial charge in [-0.3, -0.25) is 9.25 Å². The van der Waals surface area contributed by atoms with Crippen LogP contribution in [0.3, 0.4) is 0 Å². The Balaban J connectivity index is 1.66. The summed E-state index contributed by atoms with van der Waals surface area (Å²) >= 11 is 0. The molecule has 3 aromatic heterocycles. The Bertz CT molecular complexity index is 1190. The highest BCUT2D eigenvalue weighted by molar-refractivity contribution is 5.85. The molecule has 5 rings (SSSR count). The molecule has 0 spiro atoms. The summed E-state index contributed by atoms with van der Waals surface area (Å²) in [6, 6.07) is 7.76. The zero-order valence-corrected chi connectivity index (χ0v) is 16.7. The van der Waals surface area contributed by atoms with Gasteiger partial charge in [0.25, 0.3) is 0 Å². The molecule has 1 aliphatic rings. The van der Waals surface area contributed by atoms with Gasteiger partial charge in [-0.05, 0) is 17.7 Å². The molecule has 10 heteroatoms. The fourth-order valence-corrected chi connectivity index (χ4v) is 3.65. The Morgan fingerprint density at radius 2 is 1.80 bits per heavy atom. The molecule has 0 radical (unpaired) electrons. The van der Waals surface area contributed by atoms with E-state index in [1.807, 2.05) is 42.1 Å². The molecule has 0 aliphatic carbocycles. The molecule has 1 aliphatic heterocycles. The number of nitrogen functional groups attached to an aromatic ring is 2. The van der Waals surface area contributed by atoms with Gasteiger partial charge in [-0.2, -0.15) is 15.1 Å². The van der Waals surface area contributed by atoms with Crippen molar-refractivity contribution >= 4 is 28.6 Å². The number of morpholine rings is 1. The molecule has 10 nitrogen and oxygen atoms in total. The molecular formula is C20H23N9O. The Labute approximate surface area is 173 Å². The second-order valence-corrected chi connectivity index (χ2v) is 7.33. The van der Waals surface area contributed by atoms with E-state index in [0.29, 0.717) is 42.6 Å². The van der Waals surface area contributed by atoms with Gasteiger partial charge in [-0.25, -0.2) is 4.98 Å². The number of aryl methyl sites for hydroxylation is 1. The van der Waals surface area contributed by atoms with Crippen LogP contribution < -0.4 is 16.4 Å². The van der Waals surface area contributed by atoms with Crippen LogP contribution in [0.2, 0.25) is 0 Å². The second-order valence-electron chi connectivity index (χ2n) is 7.33. The molecule has 4 N–H and O–H groups in total. The van der Waals surface area contributed by atoms with Crippen molar-refractivity contribution in [3.8, 4) is 5.69 Å². The average molecular weight is 405 g/mol. The van der Waals surface area contributed by atoms with Crippen molar-refractivity contribution in [2.45, 2.75) is 6.42 Å². The maximum absolute atomic E-state index is 6.32. The fraction of sp³-hybridized carbons (Fsp3) is 0.300. The number of nitrogens with two attached hydrogens (primary N) is 2. The molecule has 0 atom stereocenters. The smallest absolute Gasteiger partial charge is 0.229 e. The largest absolute Gasteiger partial charge is 0.399 e. The van der Waals surface area contributed by atoms with Gasteiger partial charge >= 0.3 is 0 Å². The second kappa shape index (κ2) is 7.30. The van der Waals surface area contributed by atoms with Crippen molar-refractivity contribution in [1.82, 2.24) is 29.3 Å². The van der Waals surface area contributed by atoms with E-state index in [9.17, 15) is 0 Å². The number of benzene rings is 1. The zero-order chi connectivity index (χ0) is 20.7. The third-order valence-corrected chi connectivity index (χ3v) is 5.18. The first-order chi connectivity index (χ1) is 14.6. The fourth-order valence-electron chi connectivity index (χ4n) is 3.65. The third kappa shape index (κ3) is 3.30. The summed E-state index contributed by atoms with van der Waals surface area (Å²) in [5.74, 6) is 1.76. The molecule has 30 heavy (non-hydrogen) atoms. The SMILES string of the molecule is Cn1cc(-n2c(Cc3ccc(N)cc3)nc3c(N)nc(N4CCOCC4)nc32)cn1. The number of anilines is 3. The number of hydrogen-bond donors (Lipinski definition) is 2. The lowest BCUT2D eigenvalue weighted by atomic mass is 10.1. The zero-order valence-electron chi connectivity index (χ0n) is 16.7. The summed E-state index contributed by atoms with van der Waals surface area (Å²) in [7, 11) is 1.88. The molecule has 0 unspecified atom stereocenters. The van der Waals surface area contributed by atoms with Gasteiger partial charge in [-0.1, -0.05) is 12.1 Å². The van der Waals surface area contributed by atoms with E-state index in [0.717, 1.165) is 35.9 Å². The van der Waals surface area contributed by atoms with E-state index in [1.165, 1.54) is 0 Å². The van der Waals surface area contributed by atoms with Gasteiger partial charge in [0.1, 0.15) is 5.82 Å². The van der Waals surface area contributed by atoms with Gasteiger partial charge < -0.3 is 21.1 Å². The first-order valence-corrected chi connectivity index (χ1v) is 9.79. The normalized spacial score (nSPS) is 14.5. The predicted octanol–water partition coefficient (Wildman–Crippen LogP) is 1.14. The molecule has 4 aromatic rings. The Kier molecular flexibility index (Phi) is 4.47. The van der Waals surface area contributed by atoms with Crippen molar-refractivity contribution in [3.63, 3.8) is 0 Å². The standard InChI is InChI=1S/C20H23N9O/c1-27-12-15(11-23-27)29-16(10-13-2-4-14(21)5-3-13)24-17-18(22)25-20(26-19(17)29)28-6-8-30-9-7-28/h2-5,11-12H,6-10,21H2,1H3,(H2,22,25,26). The quantitative estimate of drug-likeness (QED) is 0.484. The van der Waals surface area contributed by atoms with Gasteiger partial charge in [0, 0.05) is 38.4 Å². The summed E-state index contributed by atoms with van der Waals surface area (Å²) in [6.45, 7) is 2.74. The van der Waals surface area contributed by atoms with E-state index in [2.05, 4.69) is 15.0 Å². The summed E-state index contributed by atoms with van der Waals surface area (Å²) in [6.07, 6.45) is 4.32. The highest BCUT2D eigenvalue weighted by Gasteiger charge is 2.22. The molecule has 0 saturated carbocycles. The Hall–Kier alpha value is -3.66. The van der Waals surface area contributed by atoms with Crippen LogP contribution in [-0.2, 0) is 18.2 Å². The van der Waals surface area contributed by atoms with E-state index in [1.54, 1.807) is 10.9 Å². The molecule has 1 aromatic carbocycles. The Morgan fingerprint density at radius 1 is 1.03 bits per heavy atom. The lowest BCUT2D eigenvalue weighted by molar-refractivity contribution is 0.122. The first kappa shape index (κ1) is 18.4. The predicted molar refractivity (Wildman–Crippen MR) is 115 cm³/mol. The molecule has 1 fully saturated rings. The van der Waals surface area contributed by atoms with Crippen molar-refractivity contribution < 1.29 is 4.74 Å². The van der Waals surface area contributed by atoms with Crippen LogP contribution in [0.4, 0.5) is 17.5 Å². The van der Waals surface area contributed by atoms with Gasteiger partial charge in [0.05, 0.1) is 25.1 Å². The van der Waals surface area contributed by atoms with Crippen LogP contribution in [0.1, 0.15) is 11.4 Å². The van der Waals surface area contributed by atoms with Gasteiger partial charge in [0.2, 0.25) is 5.95 Å². The average Bonchev–Trinajstić information content (AvgIpc) is 3.33. The van der Waals surface area contributed by atoms with E-state index in [4.69, 9.17) is 26.2 Å². The minimum atomic E-state index is 0.364. The summed E-state index contributed by atoms with van der Waals surface area (Å²) in [5, 5.41) is 4.32. The number of rotatable bonds is 4. The lowest BCUT2D eigenvalue weighted by Crippen LogP contribution is -2.37. The summed E-state index contributed by atoms with van der Waals surface area (Å²) < 4.78 is 9.20. The monoisotopic (exact) mass is 405 g/mol. The van der Waals surface area contributed by atoms with Crippen LogP contribution in [0.15, 0.2) is 36.7 Å². The van der Waals surface area contributed by atoms with Crippen LogP contribution in [-0.4, -0.2) is 55.6 Å².